The van der Waals surface area contributed by atoms with E-state index in [1.165, 1.54) is 0 Å². The highest BCUT2D eigenvalue weighted by Gasteiger charge is 2.13. The maximum atomic E-state index is 12.6. The first-order valence-corrected chi connectivity index (χ1v) is 10.8. The summed E-state index contributed by atoms with van der Waals surface area (Å²) in [6.07, 6.45) is 3.95. The lowest BCUT2D eigenvalue weighted by molar-refractivity contribution is 0.0786. The number of aryl methyl sites for hydroxylation is 1. The minimum atomic E-state index is -0.0168. The minimum absolute atomic E-state index is 0.0168. The van der Waals surface area contributed by atoms with E-state index in [0.29, 0.717) is 24.5 Å². The average molecular weight is 470 g/mol. The number of hydrogen-bond acceptors (Lipinski definition) is 4. The van der Waals surface area contributed by atoms with Crippen LogP contribution in [0.1, 0.15) is 26.5 Å². The second kappa shape index (κ2) is 8.39. The smallest absolute Gasteiger partial charge is 0.253 e. The number of thiophene rings is 1. The van der Waals surface area contributed by atoms with E-state index in [2.05, 4.69) is 20.9 Å². The lowest BCUT2D eigenvalue weighted by Gasteiger charge is -2.16. The molecule has 0 fully saturated rings. The van der Waals surface area contributed by atoms with Gasteiger partial charge in [0.1, 0.15) is 18.0 Å². The SMILES string of the molecule is Cc1cccn2cc(COc3ccc(C(=O)N(C)Cc4ccc(Br)s4)cc3)nc12. The maximum absolute atomic E-state index is 12.6. The van der Waals surface area contributed by atoms with Crippen molar-refractivity contribution >= 4 is 38.8 Å². The molecule has 0 saturated heterocycles. The molecule has 4 rings (SSSR count). The molecule has 0 saturated carbocycles. The lowest BCUT2D eigenvalue weighted by atomic mass is 10.2. The van der Waals surface area contributed by atoms with Gasteiger partial charge < -0.3 is 14.0 Å². The van der Waals surface area contributed by atoms with Crippen LogP contribution in [-0.4, -0.2) is 27.2 Å². The Labute approximate surface area is 181 Å². The van der Waals surface area contributed by atoms with Gasteiger partial charge in [-0.2, -0.15) is 0 Å². The molecule has 0 aliphatic carbocycles. The number of amides is 1. The van der Waals surface area contributed by atoms with Crippen molar-refractivity contribution in [3.8, 4) is 5.75 Å². The van der Waals surface area contributed by atoms with Crippen LogP contribution in [0.4, 0.5) is 0 Å². The molecule has 0 N–H and O–H groups in total. The van der Waals surface area contributed by atoms with Crippen molar-refractivity contribution in [3.63, 3.8) is 0 Å². The predicted molar refractivity (Wildman–Crippen MR) is 119 cm³/mol. The van der Waals surface area contributed by atoms with E-state index in [4.69, 9.17) is 4.74 Å². The molecule has 0 aliphatic heterocycles. The van der Waals surface area contributed by atoms with Gasteiger partial charge in [-0.1, -0.05) is 6.07 Å². The molecule has 29 heavy (non-hydrogen) atoms. The first-order valence-electron chi connectivity index (χ1n) is 9.15. The predicted octanol–water partition coefficient (Wildman–Crippen LogP) is 5.32. The van der Waals surface area contributed by atoms with Crippen molar-refractivity contribution in [3.05, 3.63) is 86.4 Å². The molecular formula is C22H20BrN3O2S. The molecular weight excluding hydrogens is 450 g/mol. The van der Waals surface area contributed by atoms with E-state index >= 15 is 0 Å². The number of rotatable bonds is 6. The van der Waals surface area contributed by atoms with Gasteiger partial charge >= 0.3 is 0 Å². The number of ether oxygens (including phenoxy) is 1. The summed E-state index contributed by atoms with van der Waals surface area (Å²) >= 11 is 5.09. The number of pyridine rings is 1. The Balaban J connectivity index is 1.38. The van der Waals surface area contributed by atoms with E-state index in [1.54, 1.807) is 28.4 Å². The Morgan fingerprint density at radius 1 is 1.21 bits per heavy atom. The Bertz CT molecular complexity index is 1150. The van der Waals surface area contributed by atoms with Gasteiger partial charge in [-0.15, -0.1) is 11.3 Å². The molecule has 1 amide bonds. The van der Waals surface area contributed by atoms with E-state index in [0.717, 1.165) is 25.6 Å². The van der Waals surface area contributed by atoms with Crippen LogP contribution in [0.25, 0.3) is 5.65 Å². The van der Waals surface area contributed by atoms with E-state index in [9.17, 15) is 4.79 Å². The van der Waals surface area contributed by atoms with Gasteiger partial charge in [-0.25, -0.2) is 4.98 Å². The third-order valence-corrected chi connectivity index (χ3v) is 6.19. The second-order valence-electron chi connectivity index (χ2n) is 6.83. The zero-order valence-corrected chi connectivity index (χ0v) is 18.5. The lowest BCUT2D eigenvalue weighted by Crippen LogP contribution is -2.25. The molecule has 3 heterocycles. The van der Waals surface area contributed by atoms with Crippen LogP contribution >= 0.6 is 27.3 Å². The first-order chi connectivity index (χ1) is 14.0. The molecule has 0 spiro atoms. The molecule has 3 aromatic heterocycles. The van der Waals surface area contributed by atoms with Crippen molar-refractivity contribution in [2.75, 3.05) is 7.05 Å². The second-order valence-corrected chi connectivity index (χ2v) is 9.38. The van der Waals surface area contributed by atoms with Gasteiger partial charge in [0.25, 0.3) is 5.91 Å². The summed E-state index contributed by atoms with van der Waals surface area (Å²) in [4.78, 5) is 20.1. The molecule has 0 unspecified atom stereocenters. The Morgan fingerprint density at radius 3 is 2.69 bits per heavy atom. The number of fused-ring (bicyclic) bond motifs is 1. The minimum Gasteiger partial charge on any atom is -0.487 e. The Hall–Kier alpha value is -2.64. The highest BCUT2D eigenvalue weighted by Crippen LogP contribution is 2.23. The molecule has 0 aliphatic rings. The van der Waals surface area contributed by atoms with Crippen LogP contribution in [0.5, 0.6) is 5.75 Å². The maximum Gasteiger partial charge on any atom is 0.253 e. The Kier molecular flexibility index (Phi) is 5.69. The number of halogens is 1. The summed E-state index contributed by atoms with van der Waals surface area (Å²) in [5, 5.41) is 0. The van der Waals surface area contributed by atoms with Gasteiger partial charge in [0.05, 0.1) is 16.0 Å². The van der Waals surface area contributed by atoms with Crippen LogP contribution < -0.4 is 4.74 Å². The molecule has 148 valence electrons. The van der Waals surface area contributed by atoms with Crippen LogP contribution in [0.3, 0.4) is 0 Å². The van der Waals surface area contributed by atoms with Crippen molar-refractivity contribution in [1.29, 1.82) is 0 Å². The highest BCUT2D eigenvalue weighted by atomic mass is 79.9. The summed E-state index contributed by atoms with van der Waals surface area (Å²) in [5.74, 6) is 0.692. The normalized spacial score (nSPS) is 11.0. The highest BCUT2D eigenvalue weighted by molar-refractivity contribution is 9.11. The number of carbonyl (C=O) groups excluding carboxylic acids is 1. The van der Waals surface area contributed by atoms with Crippen LogP contribution in [0.15, 0.2) is 64.7 Å². The first kappa shape index (κ1) is 19.7. The summed E-state index contributed by atoms with van der Waals surface area (Å²) in [6.45, 7) is 3.00. The largest absolute Gasteiger partial charge is 0.487 e. The van der Waals surface area contributed by atoms with Crippen LogP contribution in [-0.2, 0) is 13.2 Å². The van der Waals surface area contributed by atoms with E-state index < -0.39 is 0 Å². The summed E-state index contributed by atoms with van der Waals surface area (Å²) in [6, 6.07) is 15.3. The van der Waals surface area contributed by atoms with Gasteiger partial charge in [-0.05, 0) is 70.9 Å². The van der Waals surface area contributed by atoms with Crippen molar-refractivity contribution in [1.82, 2.24) is 14.3 Å². The summed E-state index contributed by atoms with van der Waals surface area (Å²) < 4.78 is 8.91. The van der Waals surface area contributed by atoms with Gasteiger partial charge in [-0.3, -0.25) is 4.79 Å². The molecule has 7 heteroatoms. The summed E-state index contributed by atoms with van der Waals surface area (Å²) in [7, 11) is 1.81. The number of benzene rings is 1. The van der Waals surface area contributed by atoms with Crippen LogP contribution in [0, 0.1) is 6.92 Å². The van der Waals surface area contributed by atoms with Crippen molar-refractivity contribution < 1.29 is 9.53 Å². The van der Waals surface area contributed by atoms with E-state index in [1.807, 2.05) is 67.2 Å². The molecule has 0 bridgehead atoms. The molecule has 0 atom stereocenters. The van der Waals surface area contributed by atoms with Crippen molar-refractivity contribution in [2.24, 2.45) is 0 Å². The monoisotopic (exact) mass is 469 g/mol. The average Bonchev–Trinajstić information content (AvgIpc) is 3.32. The fourth-order valence-electron chi connectivity index (χ4n) is 3.09. The van der Waals surface area contributed by atoms with Gasteiger partial charge in [0.2, 0.25) is 0 Å². The zero-order valence-electron chi connectivity index (χ0n) is 16.1. The van der Waals surface area contributed by atoms with Crippen molar-refractivity contribution in [2.45, 2.75) is 20.1 Å². The standard InChI is InChI=1S/C22H20BrN3O2S/c1-15-4-3-11-26-12-17(24-21(15)26)14-28-18-7-5-16(6-8-18)22(27)25(2)13-19-9-10-20(23)29-19/h3-12H,13-14H2,1-2H3. The topological polar surface area (TPSA) is 46.8 Å². The zero-order chi connectivity index (χ0) is 20.4. The quantitative estimate of drug-likeness (QED) is 0.383. The molecule has 5 nitrogen and oxygen atoms in total. The van der Waals surface area contributed by atoms with Crippen LogP contribution in [0.2, 0.25) is 0 Å². The number of imidazole rings is 1. The Morgan fingerprint density at radius 2 is 2.00 bits per heavy atom. The third-order valence-electron chi connectivity index (χ3n) is 4.58. The fraction of sp³-hybridized carbons (Fsp3) is 0.182. The third kappa shape index (κ3) is 4.52. The molecule has 4 aromatic rings. The fourth-order valence-corrected chi connectivity index (χ4v) is 4.62. The number of nitrogens with zero attached hydrogens (tertiary/aromatic N) is 3. The molecule has 0 radical (unpaired) electrons. The van der Waals surface area contributed by atoms with E-state index in [-0.39, 0.29) is 5.91 Å². The number of aromatic nitrogens is 2. The van der Waals surface area contributed by atoms with Gasteiger partial charge in [0.15, 0.2) is 0 Å². The number of hydrogen-bond donors (Lipinski definition) is 0. The summed E-state index contributed by atoms with van der Waals surface area (Å²) in [5.41, 5.74) is 3.56. The molecule has 1 aromatic carbocycles. The van der Waals surface area contributed by atoms with Gasteiger partial charge in [0, 0.05) is 29.9 Å². The number of carbonyl (C=O) groups is 1.